The van der Waals surface area contributed by atoms with Gasteiger partial charge >= 0.3 is 0 Å². The highest BCUT2D eigenvalue weighted by atomic mass is 35.5. The standard InChI is InChI=1S/C10H13ClN4S2/c1-2-12-9(16)14-15-10(17)13-8-6-4-3-5-7(8)11/h3-6H,2H2,1H3,(H2,12,14,16)(H2,13,15,17). The topological polar surface area (TPSA) is 48.1 Å². The second-order valence-corrected chi connectivity index (χ2v) is 4.27. The fraction of sp³-hybridized carbons (Fsp3) is 0.200. The molecule has 0 radical (unpaired) electrons. The van der Waals surface area contributed by atoms with Gasteiger partial charge in [0.2, 0.25) is 0 Å². The van der Waals surface area contributed by atoms with Crippen molar-refractivity contribution >= 4 is 51.9 Å². The van der Waals surface area contributed by atoms with Gasteiger partial charge in [0.1, 0.15) is 0 Å². The van der Waals surface area contributed by atoms with Crippen LogP contribution >= 0.6 is 36.0 Å². The van der Waals surface area contributed by atoms with Crippen molar-refractivity contribution < 1.29 is 0 Å². The maximum atomic E-state index is 5.97. The molecule has 0 aromatic heterocycles. The number of anilines is 1. The van der Waals surface area contributed by atoms with Gasteiger partial charge in [0, 0.05) is 6.54 Å². The molecule has 4 N–H and O–H groups in total. The Morgan fingerprint density at radius 3 is 2.47 bits per heavy atom. The molecule has 4 nitrogen and oxygen atoms in total. The molecule has 0 heterocycles. The lowest BCUT2D eigenvalue weighted by Crippen LogP contribution is -2.48. The predicted octanol–water partition coefficient (Wildman–Crippen LogP) is 2.03. The number of nitrogens with one attached hydrogen (secondary N) is 4. The summed E-state index contributed by atoms with van der Waals surface area (Å²) in [6, 6.07) is 7.33. The highest BCUT2D eigenvalue weighted by Crippen LogP contribution is 2.19. The number of hydrogen-bond donors (Lipinski definition) is 4. The van der Waals surface area contributed by atoms with E-state index in [2.05, 4.69) is 21.5 Å². The number of hydrogen-bond acceptors (Lipinski definition) is 2. The van der Waals surface area contributed by atoms with Gasteiger partial charge in [0.25, 0.3) is 0 Å². The number of thiocarbonyl (C=S) groups is 2. The minimum atomic E-state index is 0.387. The van der Waals surface area contributed by atoms with Crippen molar-refractivity contribution in [2.45, 2.75) is 6.92 Å². The number of benzene rings is 1. The van der Waals surface area contributed by atoms with Crippen LogP contribution in [-0.4, -0.2) is 16.8 Å². The Bertz CT molecular complexity index is 411. The number of halogens is 1. The molecule has 0 unspecified atom stereocenters. The molecule has 0 bridgehead atoms. The van der Waals surface area contributed by atoms with Gasteiger partial charge in [-0.15, -0.1) is 0 Å². The molecule has 0 amide bonds. The molecule has 0 aliphatic rings. The molecule has 0 spiro atoms. The highest BCUT2D eigenvalue weighted by Gasteiger charge is 2.01. The van der Waals surface area contributed by atoms with Crippen LogP contribution < -0.4 is 21.5 Å². The summed E-state index contributed by atoms with van der Waals surface area (Å²) in [6.07, 6.45) is 0. The zero-order chi connectivity index (χ0) is 12.7. The molecular weight excluding hydrogens is 276 g/mol. The lowest BCUT2D eigenvalue weighted by atomic mass is 10.3. The Morgan fingerprint density at radius 2 is 1.82 bits per heavy atom. The van der Waals surface area contributed by atoms with E-state index in [9.17, 15) is 0 Å². The van der Waals surface area contributed by atoms with E-state index in [0.29, 0.717) is 15.2 Å². The molecular formula is C10H13ClN4S2. The summed E-state index contributed by atoms with van der Waals surface area (Å²) in [4.78, 5) is 0. The van der Waals surface area contributed by atoms with Crippen LogP contribution in [0.4, 0.5) is 5.69 Å². The van der Waals surface area contributed by atoms with Crippen molar-refractivity contribution in [1.29, 1.82) is 0 Å². The molecule has 7 heteroatoms. The number of hydrazine groups is 1. The quantitative estimate of drug-likeness (QED) is 0.493. The van der Waals surface area contributed by atoms with Gasteiger partial charge in [-0.2, -0.15) is 0 Å². The Kier molecular flexibility index (Phi) is 5.96. The van der Waals surface area contributed by atoms with E-state index in [0.717, 1.165) is 12.2 Å². The first-order valence-electron chi connectivity index (χ1n) is 4.99. The molecule has 0 aliphatic heterocycles. The summed E-state index contributed by atoms with van der Waals surface area (Å²) in [5, 5.41) is 7.34. The highest BCUT2D eigenvalue weighted by molar-refractivity contribution is 7.80. The molecule has 1 aromatic carbocycles. The maximum absolute atomic E-state index is 5.97. The first-order chi connectivity index (χ1) is 8.13. The largest absolute Gasteiger partial charge is 0.362 e. The van der Waals surface area contributed by atoms with E-state index in [-0.39, 0.29) is 0 Å². The summed E-state index contributed by atoms with van der Waals surface area (Å²) in [6.45, 7) is 2.70. The van der Waals surface area contributed by atoms with Crippen LogP contribution in [0.5, 0.6) is 0 Å². The molecule has 0 saturated carbocycles. The van der Waals surface area contributed by atoms with Gasteiger partial charge in [0.15, 0.2) is 10.2 Å². The van der Waals surface area contributed by atoms with Crippen LogP contribution in [0, 0.1) is 0 Å². The van der Waals surface area contributed by atoms with Gasteiger partial charge in [-0.25, -0.2) is 0 Å². The molecule has 0 atom stereocenters. The summed E-state index contributed by atoms with van der Waals surface area (Å²) in [7, 11) is 0. The van der Waals surface area contributed by atoms with Crippen LogP contribution in [0.15, 0.2) is 24.3 Å². The summed E-state index contributed by atoms with van der Waals surface area (Å²) >= 11 is 16.0. The fourth-order valence-electron chi connectivity index (χ4n) is 1.03. The van der Waals surface area contributed by atoms with Crippen molar-refractivity contribution in [3.8, 4) is 0 Å². The third-order valence-electron chi connectivity index (χ3n) is 1.75. The van der Waals surface area contributed by atoms with Crippen molar-refractivity contribution in [2.75, 3.05) is 11.9 Å². The molecule has 92 valence electrons. The van der Waals surface area contributed by atoms with E-state index in [1.165, 1.54) is 0 Å². The van der Waals surface area contributed by atoms with Crippen molar-refractivity contribution in [3.63, 3.8) is 0 Å². The minimum absolute atomic E-state index is 0.387. The Labute approximate surface area is 116 Å². The Morgan fingerprint density at radius 1 is 1.18 bits per heavy atom. The minimum Gasteiger partial charge on any atom is -0.362 e. The van der Waals surface area contributed by atoms with Gasteiger partial charge in [-0.3, -0.25) is 10.9 Å². The molecule has 0 aliphatic carbocycles. The third kappa shape index (κ3) is 5.16. The monoisotopic (exact) mass is 288 g/mol. The second-order valence-electron chi connectivity index (χ2n) is 3.04. The van der Waals surface area contributed by atoms with Crippen molar-refractivity contribution in [2.24, 2.45) is 0 Å². The molecule has 1 aromatic rings. The molecule has 0 saturated heterocycles. The van der Waals surface area contributed by atoms with Crippen LogP contribution in [-0.2, 0) is 0 Å². The van der Waals surface area contributed by atoms with E-state index < -0.39 is 0 Å². The summed E-state index contributed by atoms with van der Waals surface area (Å²) in [5.74, 6) is 0. The third-order valence-corrected chi connectivity index (χ3v) is 2.53. The van der Waals surface area contributed by atoms with Crippen molar-refractivity contribution in [3.05, 3.63) is 29.3 Å². The van der Waals surface area contributed by atoms with Crippen molar-refractivity contribution in [1.82, 2.24) is 16.2 Å². The molecule has 17 heavy (non-hydrogen) atoms. The maximum Gasteiger partial charge on any atom is 0.189 e. The number of rotatable bonds is 2. The molecule has 1 rings (SSSR count). The smallest absolute Gasteiger partial charge is 0.189 e. The zero-order valence-corrected chi connectivity index (χ0v) is 11.6. The summed E-state index contributed by atoms with van der Waals surface area (Å²) in [5.41, 5.74) is 6.24. The lowest BCUT2D eigenvalue weighted by molar-refractivity contribution is 0.825. The Hall–Kier alpha value is -1.11. The van der Waals surface area contributed by atoms with E-state index in [4.69, 9.17) is 36.0 Å². The Balaban J connectivity index is 2.40. The first-order valence-corrected chi connectivity index (χ1v) is 6.18. The van der Waals surface area contributed by atoms with E-state index in [1.54, 1.807) is 6.07 Å². The SMILES string of the molecule is CCNC(=S)NNC(=S)Nc1ccccc1Cl. The second kappa shape index (κ2) is 7.26. The average Bonchev–Trinajstić information content (AvgIpc) is 2.30. The van der Waals surface area contributed by atoms with Crippen LogP contribution in [0.2, 0.25) is 5.02 Å². The van der Waals surface area contributed by atoms with Crippen LogP contribution in [0.3, 0.4) is 0 Å². The average molecular weight is 289 g/mol. The van der Waals surface area contributed by atoms with Gasteiger partial charge < -0.3 is 10.6 Å². The fourth-order valence-corrected chi connectivity index (χ4v) is 1.57. The van der Waals surface area contributed by atoms with Crippen LogP contribution in [0.1, 0.15) is 6.92 Å². The molecule has 0 fully saturated rings. The van der Waals surface area contributed by atoms with Gasteiger partial charge in [-0.05, 0) is 43.5 Å². The normalized spacial score (nSPS) is 9.29. The van der Waals surface area contributed by atoms with Crippen LogP contribution in [0.25, 0.3) is 0 Å². The first kappa shape index (κ1) is 14.0. The number of para-hydroxylation sites is 1. The van der Waals surface area contributed by atoms with E-state index >= 15 is 0 Å². The lowest BCUT2D eigenvalue weighted by Gasteiger charge is -2.14. The predicted molar refractivity (Wildman–Crippen MR) is 80.2 cm³/mol. The summed E-state index contributed by atoms with van der Waals surface area (Å²) < 4.78 is 0. The zero-order valence-electron chi connectivity index (χ0n) is 9.21. The van der Waals surface area contributed by atoms with Gasteiger partial charge in [-0.1, -0.05) is 23.7 Å². The van der Waals surface area contributed by atoms with Gasteiger partial charge in [0.05, 0.1) is 10.7 Å². The van der Waals surface area contributed by atoms with E-state index in [1.807, 2.05) is 25.1 Å².